The Labute approximate surface area is 101 Å². The lowest BCUT2D eigenvalue weighted by Gasteiger charge is -2.19. The van der Waals surface area contributed by atoms with E-state index < -0.39 is 0 Å². The number of hydrogen-bond acceptors (Lipinski definition) is 4. The van der Waals surface area contributed by atoms with Crippen LogP contribution >= 0.6 is 0 Å². The van der Waals surface area contributed by atoms with E-state index in [9.17, 15) is 15.3 Å². The van der Waals surface area contributed by atoms with Gasteiger partial charge in [0.1, 0.15) is 0 Å². The molecular formula is C13H19NO3. The summed E-state index contributed by atoms with van der Waals surface area (Å²) in [5.41, 5.74) is 0.934. The minimum Gasteiger partial charge on any atom is -0.504 e. The lowest BCUT2D eigenvalue weighted by molar-refractivity contribution is 0.205. The standard InChI is InChI=1S/C13H19NO3/c15-8-10-2-1-3-11(10)14-7-9-4-5-12(16)13(17)6-9/h4-6,10-11,14-17H,1-3,7-8H2. The van der Waals surface area contributed by atoms with Gasteiger partial charge in [0.05, 0.1) is 0 Å². The van der Waals surface area contributed by atoms with Crippen molar-refractivity contribution in [3.8, 4) is 11.5 Å². The first kappa shape index (κ1) is 12.2. The maximum absolute atomic E-state index is 9.37. The van der Waals surface area contributed by atoms with Gasteiger partial charge in [0.15, 0.2) is 11.5 Å². The number of aromatic hydroxyl groups is 2. The highest BCUT2D eigenvalue weighted by molar-refractivity contribution is 5.40. The second-order valence-electron chi connectivity index (χ2n) is 4.68. The van der Waals surface area contributed by atoms with E-state index in [2.05, 4.69) is 5.32 Å². The summed E-state index contributed by atoms with van der Waals surface area (Å²) in [6, 6.07) is 5.19. The monoisotopic (exact) mass is 237 g/mol. The molecule has 4 N–H and O–H groups in total. The van der Waals surface area contributed by atoms with E-state index in [0.29, 0.717) is 18.5 Å². The van der Waals surface area contributed by atoms with E-state index in [-0.39, 0.29) is 18.1 Å². The van der Waals surface area contributed by atoms with Crippen LogP contribution in [0.5, 0.6) is 11.5 Å². The molecule has 0 heterocycles. The number of nitrogens with one attached hydrogen (secondary N) is 1. The van der Waals surface area contributed by atoms with Crippen LogP contribution in [0.15, 0.2) is 18.2 Å². The predicted molar refractivity (Wildman–Crippen MR) is 64.8 cm³/mol. The first-order valence-electron chi connectivity index (χ1n) is 6.06. The molecular weight excluding hydrogens is 218 g/mol. The van der Waals surface area contributed by atoms with Crippen molar-refractivity contribution >= 4 is 0 Å². The van der Waals surface area contributed by atoms with E-state index >= 15 is 0 Å². The molecule has 0 aromatic heterocycles. The second kappa shape index (κ2) is 5.38. The normalized spacial score (nSPS) is 24.1. The summed E-state index contributed by atoms with van der Waals surface area (Å²) in [7, 11) is 0. The molecule has 1 saturated carbocycles. The highest BCUT2D eigenvalue weighted by atomic mass is 16.3. The first-order chi connectivity index (χ1) is 8.20. The zero-order chi connectivity index (χ0) is 12.3. The average molecular weight is 237 g/mol. The summed E-state index contributed by atoms with van der Waals surface area (Å²) in [4.78, 5) is 0. The van der Waals surface area contributed by atoms with Gasteiger partial charge >= 0.3 is 0 Å². The Morgan fingerprint density at radius 3 is 2.71 bits per heavy atom. The molecule has 0 radical (unpaired) electrons. The Morgan fingerprint density at radius 1 is 1.18 bits per heavy atom. The summed E-state index contributed by atoms with van der Waals surface area (Å²) in [5.74, 6) is 0.165. The van der Waals surface area contributed by atoms with Gasteiger partial charge in [0, 0.05) is 19.2 Å². The van der Waals surface area contributed by atoms with Gasteiger partial charge in [-0.2, -0.15) is 0 Å². The zero-order valence-corrected chi connectivity index (χ0v) is 9.76. The molecule has 1 aliphatic rings. The Hall–Kier alpha value is -1.26. The summed E-state index contributed by atoms with van der Waals surface area (Å²) in [6.07, 6.45) is 3.33. The highest BCUT2D eigenvalue weighted by Gasteiger charge is 2.25. The smallest absolute Gasteiger partial charge is 0.157 e. The van der Waals surface area contributed by atoms with Crippen LogP contribution in [0.3, 0.4) is 0 Å². The molecule has 1 aromatic carbocycles. The Balaban J connectivity index is 1.91. The van der Waals surface area contributed by atoms with Crippen molar-refractivity contribution in [2.24, 2.45) is 5.92 Å². The number of rotatable bonds is 4. The van der Waals surface area contributed by atoms with Gasteiger partial charge in [-0.1, -0.05) is 12.5 Å². The van der Waals surface area contributed by atoms with E-state index in [1.807, 2.05) is 0 Å². The van der Waals surface area contributed by atoms with Crippen molar-refractivity contribution in [2.75, 3.05) is 6.61 Å². The number of hydrogen-bond donors (Lipinski definition) is 4. The topological polar surface area (TPSA) is 72.7 Å². The first-order valence-corrected chi connectivity index (χ1v) is 6.06. The van der Waals surface area contributed by atoms with Crippen molar-refractivity contribution < 1.29 is 15.3 Å². The zero-order valence-electron chi connectivity index (χ0n) is 9.76. The Bertz CT molecular complexity index is 381. The molecule has 17 heavy (non-hydrogen) atoms. The fraction of sp³-hybridized carbons (Fsp3) is 0.538. The second-order valence-corrected chi connectivity index (χ2v) is 4.68. The van der Waals surface area contributed by atoms with Crippen molar-refractivity contribution in [1.29, 1.82) is 0 Å². The van der Waals surface area contributed by atoms with Gasteiger partial charge in [-0.15, -0.1) is 0 Å². The quantitative estimate of drug-likeness (QED) is 0.596. The molecule has 4 heteroatoms. The maximum atomic E-state index is 9.37. The molecule has 2 unspecified atom stereocenters. The lowest BCUT2D eigenvalue weighted by Crippen LogP contribution is -2.33. The maximum Gasteiger partial charge on any atom is 0.157 e. The lowest BCUT2D eigenvalue weighted by atomic mass is 10.0. The van der Waals surface area contributed by atoms with Crippen LogP contribution in [-0.4, -0.2) is 28.0 Å². The van der Waals surface area contributed by atoms with Crippen LogP contribution in [0, 0.1) is 5.92 Å². The number of phenolic OH excluding ortho intramolecular Hbond substituents is 2. The van der Waals surface area contributed by atoms with Crippen LogP contribution in [0.1, 0.15) is 24.8 Å². The molecule has 4 nitrogen and oxygen atoms in total. The van der Waals surface area contributed by atoms with Crippen LogP contribution < -0.4 is 5.32 Å². The molecule has 1 aromatic rings. The molecule has 0 spiro atoms. The number of benzene rings is 1. The molecule has 0 saturated heterocycles. The molecule has 1 aliphatic carbocycles. The van der Waals surface area contributed by atoms with Gasteiger partial charge in [-0.05, 0) is 36.5 Å². The molecule has 0 amide bonds. The Morgan fingerprint density at radius 2 is 2.00 bits per heavy atom. The van der Waals surface area contributed by atoms with Crippen LogP contribution in [0.25, 0.3) is 0 Å². The summed E-state index contributed by atoms with van der Waals surface area (Å²) < 4.78 is 0. The van der Waals surface area contributed by atoms with Crippen molar-refractivity contribution in [2.45, 2.75) is 31.8 Å². The van der Waals surface area contributed by atoms with Gasteiger partial charge in [-0.25, -0.2) is 0 Å². The molecule has 0 aliphatic heterocycles. The van der Waals surface area contributed by atoms with E-state index in [0.717, 1.165) is 24.8 Å². The van der Waals surface area contributed by atoms with E-state index in [1.165, 1.54) is 6.07 Å². The highest BCUT2D eigenvalue weighted by Crippen LogP contribution is 2.27. The van der Waals surface area contributed by atoms with Crippen LogP contribution in [0.4, 0.5) is 0 Å². The fourth-order valence-corrected chi connectivity index (χ4v) is 2.45. The minimum atomic E-state index is -0.0946. The van der Waals surface area contributed by atoms with Gasteiger partial charge < -0.3 is 20.6 Å². The average Bonchev–Trinajstić information content (AvgIpc) is 2.78. The summed E-state index contributed by atoms with van der Waals surface area (Å²) in [5, 5.41) is 31.2. The minimum absolute atomic E-state index is 0.0885. The molecule has 2 rings (SSSR count). The van der Waals surface area contributed by atoms with Crippen LogP contribution in [0.2, 0.25) is 0 Å². The third kappa shape index (κ3) is 2.90. The fourth-order valence-electron chi connectivity index (χ4n) is 2.45. The van der Waals surface area contributed by atoms with E-state index in [1.54, 1.807) is 12.1 Å². The molecule has 94 valence electrons. The molecule has 1 fully saturated rings. The third-order valence-corrected chi connectivity index (χ3v) is 3.50. The van der Waals surface area contributed by atoms with Gasteiger partial charge in [-0.3, -0.25) is 0 Å². The van der Waals surface area contributed by atoms with Crippen molar-refractivity contribution in [3.63, 3.8) is 0 Å². The number of aliphatic hydroxyl groups is 1. The number of aliphatic hydroxyl groups excluding tert-OH is 1. The number of phenols is 2. The Kier molecular flexibility index (Phi) is 3.86. The summed E-state index contributed by atoms with van der Waals surface area (Å²) >= 11 is 0. The largest absolute Gasteiger partial charge is 0.504 e. The summed E-state index contributed by atoms with van der Waals surface area (Å²) in [6.45, 7) is 0.882. The van der Waals surface area contributed by atoms with Crippen molar-refractivity contribution in [1.82, 2.24) is 5.32 Å². The van der Waals surface area contributed by atoms with Gasteiger partial charge in [0.25, 0.3) is 0 Å². The van der Waals surface area contributed by atoms with E-state index in [4.69, 9.17) is 0 Å². The van der Waals surface area contributed by atoms with Crippen molar-refractivity contribution in [3.05, 3.63) is 23.8 Å². The van der Waals surface area contributed by atoms with Crippen LogP contribution in [-0.2, 0) is 6.54 Å². The SMILES string of the molecule is OCC1CCCC1NCc1ccc(O)c(O)c1. The molecule has 2 atom stereocenters. The predicted octanol–water partition coefficient (Wildman–Crippen LogP) is 1.35. The molecule has 0 bridgehead atoms. The van der Waals surface area contributed by atoms with Gasteiger partial charge in [0.2, 0.25) is 0 Å². The third-order valence-electron chi connectivity index (χ3n) is 3.50.